The number of amides is 4. The van der Waals surface area contributed by atoms with E-state index in [1.807, 2.05) is 20.8 Å². The number of benzene rings is 2. The molecule has 0 spiro atoms. The average Bonchev–Trinajstić information content (AvgIpc) is 2.94. The van der Waals surface area contributed by atoms with Crippen molar-refractivity contribution < 1.29 is 19.1 Å². The fourth-order valence-electron chi connectivity index (χ4n) is 3.45. The Morgan fingerprint density at radius 1 is 1.10 bits per heavy atom. The summed E-state index contributed by atoms with van der Waals surface area (Å²) in [5.41, 5.74) is 1.03. The molecule has 8 heteroatoms. The Morgan fingerprint density at radius 2 is 1.74 bits per heavy atom. The van der Waals surface area contributed by atoms with Gasteiger partial charge in [-0.1, -0.05) is 25.4 Å². The summed E-state index contributed by atoms with van der Waals surface area (Å²) in [5.74, 6) is 0.0780. The van der Waals surface area contributed by atoms with Gasteiger partial charge in [0.25, 0.3) is 5.91 Å². The molecule has 0 aromatic heterocycles. The molecule has 2 aromatic rings. The average molecular weight is 444 g/mol. The third-order valence-corrected chi connectivity index (χ3v) is 5.05. The molecule has 1 aliphatic heterocycles. The summed E-state index contributed by atoms with van der Waals surface area (Å²) in [5, 5.41) is 3.30. The molecule has 1 heterocycles. The molecule has 0 saturated carbocycles. The van der Waals surface area contributed by atoms with E-state index in [-0.39, 0.29) is 18.2 Å². The van der Waals surface area contributed by atoms with Crippen molar-refractivity contribution in [3.8, 4) is 5.75 Å². The standard InChI is InChI=1S/C23H26ClN3O4/c1-4-31-19-11-7-17(8-12-19)25-21(28)13-20-22(29)27(18-9-5-16(24)6-10-18)23(30)26(20)14-15(2)3/h5-12,15,20H,4,13-14H2,1-3H3,(H,25,28)/t20-/m1/s1. The van der Waals surface area contributed by atoms with Crippen LogP contribution in [0.25, 0.3) is 0 Å². The summed E-state index contributed by atoms with van der Waals surface area (Å²) in [6.45, 7) is 6.74. The van der Waals surface area contributed by atoms with Crippen molar-refractivity contribution in [2.75, 3.05) is 23.4 Å². The Balaban J connectivity index is 1.76. The van der Waals surface area contributed by atoms with Crippen LogP contribution in [-0.4, -0.2) is 41.9 Å². The molecular formula is C23H26ClN3O4. The Labute approximate surface area is 186 Å². The fraction of sp³-hybridized carbons (Fsp3) is 0.348. The van der Waals surface area contributed by atoms with E-state index in [9.17, 15) is 14.4 Å². The molecule has 0 bridgehead atoms. The first-order valence-corrected chi connectivity index (χ1v) is 10.6. The highest BCUT2D eigenvalue weighted by Crippen LogP contribution is 2.29. The van der Waals surface area contributed by atoms with Crippen LogP contribution >= 0.6 is 11.6 Å². The molecular weight excluding hydrogens is 418 g/mol. The molecule has 0 aliphatic carbocycles. The van der Waals surface area contributed by atoms with Gasteiger partial charge in [-0.15, -0.1) is 0 Å². The predicted octanol–water partition coefficient (Wildman–Crippen LogP) is 4.56. The van der Waals surface area contributed by atoms with Crippen LogP contribution in [0.5, 0.6) is 5.75 Å². The van der Waals surface area contributed by atoms with E-state index in [1.165, 1.54) is 4.90 Å². The Hall–Kier alpha value is -3.06. The second-order valence-corrected chi connectivity index (χ2v) is 8.14. The maximum Gasteiger partial charge on any atom is 0.332 e. The van der Waals surface area contributed by atoms with Crippen LogP contribution in [0.15, 0.2) is 48.5 Å². The van der Waals surface area contributed by atoms with Crippen LogP contribution < -0.4 is 15.0 Å². The number of hydrogen-bond donors (Lipinski definition) is 1. The molecule has 1 N–H and O–H groups in total. The lowest BCUT2D eigenvalue weighted by molar-refractivity contribution is -0.124. The minimum atomic E-state index is -0.867. The molecule has 1 saturated heterocycles. The lowest BCUT2D eigenvalue weighted by Gasteiger charge is -2.23. The van der Waals surface area contributed by atoms with Crippen molar-refractivity contribution >= 4 is 40.8 Å². The number of halogens is 1. The maximum atomic E-state index is 13.1. The molecule has 4 amide bonds. The van der Waals surface area contributed by atoms with Gasteiger partial charge in [-0.25, -0.2) is 9.69 Å². The van der Waals surface area contributed by atoms with Gasteiger partial charge in [0.15, 0.2) is 0 Å². The topological polar surface area (TPSA) is 79.0 Å². The second-order valence-electron chi connectivity index (χ2n) is 7.70. The van der Waals surface area contributed by atoms with E-state index in [0.717, 1.165) is 4.90 Å². The lowest BCUT2D eigenvalue weighted by atomic mass is 10.1. The van der Waals surface area contributed by atoms with Gasteiger partial charge in [-0.05, 0) is 61.4 Å². The fourth-order valence-corrected chi connectivity index (χ4v) is 3.58. The van der Waals surface area contributed by atoms with E-state index in [1.54, 1.807) is 48.5 Å². The number of hydrogen-bond acceptors (Lipinski definition) is 4. The smallest absolute Gasteiger partial charge is 0.332 e. The number of imide groups is 1. The molecule has 1 fully saturated rings. The lowest BCUT2D eigenvalue weighted by Crippen LogP contribution is -2.40. The monoisotopic (exact) mass is 443 g/mol. The van der Waals surface area contributed by atoms with Crippen molar-refractivity contribution in [2.24, 2.45) is 5.92 Å². The van der Waals surface area contributed by atoms with Crippen LogP contribution in [0.1, 0.15) is 27.2 Å². The third-order valence-electron chi connectivity index (χ3n) is 4.79. The Morgan fingerprint density at radius 3 is 2.32 bits per heavy atom. The summed E-state index contributed by atoms with van der Waals surface area (Å²) in [6.07, 6.45) is -0.130. The summed E-state index contributed by atoms with van der Waals surface area (Å²) in [6, 6.07) is 12.2. The number of carbonyl (C=O) groups excluding carboxylic acids is 3. The van der Waals surface area contributed by atoms with E-state index >= 15 is 0 Å². The highest BCUT2D eigenvalue weighted by Gasteiger charge is 2.46. The molecule has 31 heavy (non-hydrogen) atoms. The summed E-state index contributed by atoms with van der Waals surface area (Å²) in [7, 11) is 0. The molecule has 1 atom stereocenters. The molecule has 3 rings (SSSR count). The van der Waals surface area contributed by atoms with Crippen LogP contribution in [0.3, 0.4) is 0 Å². The molecule has 2 aromatic carbocycles. The second kappa shape index (κ2) is 9.83. The van der Waals surface area contributed by atoms with E-state index in [0.29, 0.717) is 35.3 Å². The minimum absolute atomic E-state index is 0.130. The SMILES string of the molecule is CCOc1ccc(NC(=O)C[C@@H]2C(=O)N(c3ccc(Cl)cc3)C(=O)N2CC(C)C)cc1. The largest absolute Gasteiger partial charge is 0.494 e. The van der Waals surface area contributed by atoms with Crippen molar-refractivity contribution in [1.82, 2.24) is 4.90 Å². The summed E-state index contributed by atoms with van der Waals surface area (Å²) < 4.78 is 5.40. The normalized spacial score (nSPS) is 16.2. The molecule has 0 unspecified atom stereocenters. The number of carbonyl (C=O) groups is 3. The van der Waals surface area contributed by atoms with Crippen LogP contribution in [-0.2, 0) is 9.59 Å². The van der Waals surface area contributed by atoms with Crippen LogP contribution in [0.4, 0.5) is 16.2 Å². The van der Waals surface area contributed by atoms with Crippen molar-refractivity contribution in [1.29, 1.82) is 0 Å². The molecule has 164 valence electrons. The van der Waals surface area contributed by atoms with Gasteiger partial charge in [-0.2, -0.15) is 0 Å². The van der Waals surface area contributed by atoms with E-state index in [4.69, 9.17) is 16.3 Å². The number of rotatable bonds is 8. The Kier molecular flexibility index (Phi) is 7.17. The Bertz CT molecular complexity index is 944. The maximum absolute atomic E-state index is 13.1. The first-order chi connectivity index (χ1) is 14.8. The summed E-state index contributed by atoms with van der Waals surface area (Å²) in [4.78, 5) is 41.4. The highest BCUT2D eigenvalue weighted by atomic mass is 35.5. The van der Waals surface area contributed by atoms with Crippen molar-refractivity contribution in [3.05, 3.63) is 53.6 Å². The minimum Gasteiger partial charge on any atom is -0.494 e. The zero-order valence-electron chi connectivity index (χ0n) is 17.8. The van der Waals surface area contributed by atoms with Gasteiger partial charge in [0.05, 0.1) is 18.7 Å². The van der Waals surface area contributed by atoms with E-state index in [2.05, 4.69) is 5.32 Å². The molecule has 0 radical (unpaired) electrons. The third kappa shape index (κ3) is 5.35. The van der Waals surface area contributed by atoms with Crippen molar-refractivity contribution in [2.45, 2.75) is 33.2 Å². The van der Waals surface area contributed by atoms with Gasteiger partial charge in [0, 0.05) is 17.3 Å². The van der Waals surface area contributed by atoms with Crippen LogP contribution in [0.2, 0.25) is 5.02 Å². The van der Waals surface area contributed by atoms with Gasteiger partial charge in [0.2, 0.25) is 5.91 Å². The molecule has 1 aliphatic rings. The first-order valence-electron chi connectivity index (χ1n) is 10.2. The quantitative estimate of drug-likeness (QED) is 0.606. The highest BCUT2D eigenvalue weighted by molar-refractivity contribution is 6.30. The van der Waals surface area contributed by atoms with Gasteiger partial charge in [0.1, 0.15) is 11.8 Å². The van der Waals surface area contributed by atoms with Crippen LogP contribution in [0, 0.1) is 5.92 Å². The first kappa shape index (κ1) is 22.6. The zero-order chi connectivity index (χ0) is 22.5. The predicted molar refractivity (Wildman–Crippen MR) is 121 cm³/mol. The number of nitrogens with one attached hydrogen (secondary N) is 1. The van der Waals surface area contributed by atoms with Gasteiger partial charge >= 0.3 is 6.03 Å². The van der Waals surface area contributed by atoms with Crippen molar-refractivity contribution in [3.63, 3.8) is 0 Å². The van der Waals surface area contributed by atoms with Gasteiger partial charge in [-0.3, -0.25) is 9.59 Å². The number of ether oxygens (including phenoxy) is 1. The van der Waals surface area contributed by atoms with E-state index < -0.39 is 18.0 Å². The molecule has 7 nitrogen and oxygen atoms in total. The summed E-state index contributed by atoms with van der Waals surface area (Å²) >= 11 is 5.93. The number of urea groups is 1. The van der Waals surface area contributed by atoms with Gasteiger partial charge < -0.3 is 15.0 Å². The number of nitrogens with zero attached hydrogens (tertiary/aromatic N) is 2. The zero-order valence-corrected chi connectivity index (χ0v) is 18.6. The number of anilines is 2.